The summed E-state index contributed by atoms with van der Waals surface area (Å²) in [5, 5.41) is 5.04. The van der Waals surface area contributed by atoms with Crippen LogP contribution in [0.5, 0.6) is 0 Å². The van der Waals surface area contributed by atoms with Gasteiger partial charge in [-0.2, -0.15) is 0 Å². The molecule has 0 amide bonds. The standard InChI is InChI=1S/C10H18S6/c1-5(9-7(3)13-15-9)11-12-6(2)10-8(4)14-16-10/h5-10H,1-4H3. The fourth-order valence-corrected chi connectivity index (χ4v) is 11.7. The zero-order chi connectivity index (χ0) is 11.7. The number of hydrogen-bond donors (Lipinski definition) is 0. The summed E-state index contributed by atoms with van der Waals surface area (Å²) in [5.74, 6) is 0. The van der Waals surface area contributed by atoms with Gasteiger partial charge in [0.05, 0.1) is 0 Å². The zero-order valence-corrected chi connectivity index (χ0v) is 14.8. The van der Waals surface area contributed by atoms with E-state index in [1.807, 2.05) is 21.6 Å². The van der Waals surface area contributed by atoms with Crippen LogP contribution in [0.25, 0.3) is 0 Å². The molecule has 2 heterocycles. The largest absolute Gasteiger partial charge is 0.0895 e. The number of rotatable bonds is 5. The summed E-state index contributed by atoms with van der Waals surface area (Å²) in [5.41, 5.74) is 0. The Balaban J connectivity index is 1.66. The molecule has 0 spiro atoms. The molecular formula is C10H18S6. The molecular weight excluding hydrogens is 313 g/mol. The van der Waals surface area contributed by atoms with Crippen LogP contribution in [0.2, 0.25) is 0 Å². The first-order chi connectivity index (χ1) is 7.59. The summed E-state index contributed by atoms with van der Waals surface area (Å²) in [7, 11) is 12.5. The lowest BCUT2D eigenvalue weighted by Gasteiger charge is -2.38. The monoisotopic (exact) mass is 330 g/mol. The lowest BCUT2D eigenvalue weighted by Crippen LogP contribution is -2.34. The van der Waals surface area contributed by atoms with Crippen molar-refractivity contribution in [1.82, 2.24) is 0 Å². The van der Waals surface area contributed by atoms with Gasteiger partial charge < -0.3 is 0 Å². The summed E-state index contributed by atoms with van der Waals surface area (Å²) < 4.78 is 0. The minimum Gasteiger partial charge on any atom is -0.0895 e. The van der Waals surface area contributed by atoms with Crippen molar-refractivity contribution < 1.29 is 0 Å². The van der Waals surface area contributed by atoms with Gasteiger partial charge in [-0.05, 0) is 0 Å². The van der Waals surface area contributed by atoms with Crippen LogP contribution in [0.1, 0.15) is 27.7 Å². The van der Waals surface area contributed by atoms with Gasteiger partial charge in [-0.25, -0.2) is 0 Å². The number of hydrogen-bond acceptors (Lipinski definition) is 6. The molecule has 0 aliphatic carbocycles. The molecule has 2 rings (SSSR count). The van der Waals surface area contributed by atoms with Crippen molar-refractivity contribution in [3.8, 4) is 0 Å². The molecule has 2 fully saturated rings. The van der Waals surface area contributed by atoms with Gasteiger partial charge in [0.25, 0.3) is 0 Å². The Morgan fingerprint density at radius 3 is 1.31 bits per heavy atom. The van der Waals surface area contributed by atoms with Gasteiger partial charge in [0.2, 0.25) is 0 Å². The van der Waals surface area contributed by atoms with Crippen LogP contribution in [0.4, 0.5) is 0 Å². The minimum atomic E-state index is 0.793. The van der Waals surface area contributed by atoms with Crippen LogP contribution in [-0.2, 0) is 0 Å². The topological polar surface area (TPSA) is 0 Å². The molecule has 0 nitrogen and oxygen atoms in total. The first-order valence-corrected chi connectivity index (χ1v) is 12.4. The van der Waals surface area contributed by atoms with Gasteiger partial charge in [-0.3, -0.25) is 0 Å². The van der Waals surface area contributed by atoms with Gasteiger partial charge in [0, 0.05) is 31.5 Å². The van der Waals surface area contributed by atoms with Crippen molar-refractivity contribution in [2.45, 2.75) is 59.2 Å². The molecule has 2 aliphatic rings. The fourth-order valence-electron chi connectivity index (χ4n) is 1.67. The Bertz CT molecular complexity index is 211. The summed E-state index contributed by atoms with van der Waals surface area (Å²) in [6.07, 6.45) is 0. The van der Waals surface area contributed by atoms with E-state index in [0.29, 0.717) is 0 Å². The molecule has 6 heteroatoms. The molecule has 6 unspecified atom stereocenters. The summed E-state index contributed by atoms with van der Waals surface area (Å²) in [6, 6.07) is 0. The maximum absolute atomic E-state index is 2.39. The van der Waals surface area contributed by atoms with Crippen molar-refractivity contribution in [2.24, 2.45) is 0 Å². The van der Waals surface area contributed by atoms with Crippen molar-refractivity contribution in [3.63, 3.8) is 0 Å². The molecule has 0 bridgehead atoms. The molecule has 0 N–H and O–H groups in total. The van der Waals surface area contributed by atoms with Crippen molar-refractivity contribution in [3.05, 3.63) is 0 Å². The predicted molar refractivity (Wildman–Crippen MR) is 91.0 cm³/mol. The molecule has 94 valence electrons. The third kappa shape index (κ3) is 3.35. The van der Waals surface area contributed by atoms with E-state index >= 15 is 0 Å². The molecule has 0 aromatic heterocycles. The molecule has 0 saturated carbocycles. The zero-order valence-electron chi connectivity index (χ0n) is 9.91. The summed E-state index contributed by atoms with van der Waals surface area (Å²) >= 11 is 0. The van der Waals surface area contributed by atoms with Crippen LogP contribution < -0.4 is 0 Å². The summed E-state index contributed by atoms with van der Waals surface area (Å²) in [4.78, 5) is 0. The molecule has 16 heavy (non-hydrogen) atoms. The first kappa shape index (κ1) is 14.5. The van der Waals surface area contributed by atoms with Gasteiger partial charge in [0.1, 0.15) is 0 Å². The van der Waals surface area contributed by atoms with Crippen LogP contribution in [-0.4, -0.2) is 31.5 Å². The minimum absolute atomic E-state index is 0.793. The SMILES string of the molecule is CC(SSC(C)C1SSC1C)C1SSC1C. The van der Waals surface area contributed by atoms with E-state index in [1.54, 1.807) is 0 Å². The second kappa shape index (κ2) is 6.51. The van der Waals surface area contributed by atoms with E-state index in [0.717, 1.165) is 31.5 Å². The molecule has 0 aromatic carbocycles. The van der Waals surface area contributed by atoms with Crippen LogP contribution in [0, 0.1) is 0 Å². The van der Waals surface area contributed by atoms with E-state index in [4.69, 9.17) is 0 Å². The third-order valence-electron chi connectivity index (χ3n) is 2.85. The Morgan fingerprint density at radius 1 is 0.750 bits per heavy atom. The van der Waals surface area contributed by atoms with Gasteiger partial charge in [-0.1, -0.05) is 92.5 Å². The molecule has 2 saturated heterocycles. The van der Waals surface area contributed by atoms with Crippen molar-refractivity contribution in [1.29, 1.82) is 0 Å². The smallest absolute Gasteiger partial charge is 0.0400 e. The lowest BCUT2D eigenvalue weighted by atomic mass is 10.2. The maximum atomic E-state index is 2.39. The highest BCUT2D eigenvalue weighted by Gasteiger charge is 2.37. The van der Waals surface area contributed by atoms with Crippen molar-refractivity contribution in [2.75, 3.05) is 0 Å². The Kier molecular flexibility index (Phi) is 5.90. The molecule has 6 atom stereocenters. The Labute approximate surface area is 123 Å². The predicted octanol–water partition coefficient (Wildman–Crippen LogP) is 5.45. The van der Waals surface area contributed by atoms with Crippen LogP contribution in [0.3, 0.4) is 0 Å². The highest BCUT2D eigenvalue weighted by atomic mass is 33.1. The molecule has 0 aromatic rings. The van der Waals surface area contributed by atoms with E-state index in [-0.39, 0.29) is 0 Å². The second-order valence-corrected chi connectivity index (χ2v) is 13.0. The average molecular weight is 331 g/mol. The van der Waals surface area contributed by atoms with Gasteiger partial charge >= 0.3 is 0 Å². The fraction of sp³-hybridized carbons (Fsp3) is 1.00. The van der Waals surface area contributed by atoms with Crippen LogP contribution >= 0.6 is 64.8 Å². The van der Waals surface area contributed by atoms with E-state index in [1.165, 1.54) is 0 Å². The molecule has 2 aliphatic heterocycles. The van der Waals surface area contributed by atoms with Gasteiger partial charge in [-0.15, -0.1) is 0 Å². The van der Waals surface area contributed by atoms with E-state index in [2.05, 4.69) is 70.9 Å². The molecule has 0 radical (unpaired) electrons. The van der Waals surface area contributed by atoms with Crippen LogP contribution in [0.15, 0.2) is 0 Å². The van der Waals surface area contributed by atoms with E-state index in [9.17, 15) is 0 Å². The normalized spacial score (nSPS) is 42.0. The average Bonchev–Trinajstić information content (AvgIpc) is 2.22. The van der Waals surface area contributed by atoms with E-state index < -0.39 is 0 Å². The van der Waals surface area contributed by atoms with Crippen molar-refractivity contribution >= 4 is 64.8 Å². The third-order valence-corrected chi connectivity index (χ3v) is 14.3. The first-order valence-electron chi connectivity index (χ1n) is 5.56. The highest BCUT2D eigenvalue weighted by Crippen LogP contribution is 2.56. The lowest BCUT2D eigenvalue weighted by molar-refractivity contribution is 0.818. The maximum Gasteiger partial charge on any atom is 0.0400 e. The highest BCUT2D eigenvalue weighted by molar-refractivity contribution is 8.81. The Hall–Kier alpha value is 2.10. The second-order valence-electron chi connectivity index (χ2n) is 4.33. The quantitative estimate of drug-likeness (QED) is 0.610. The summed E-state index contributed by atoms with van der Waals surface area (Å²) in [6.45, 7) is 9.50. The Morgan fingerprint density at radius 2 is 1.12 bits per heavy atom. The van der Waals surface area contributed by atoms with Gasteiger partial charge in [0.15, 0.2) is 0 Å².